The van der Waals surface area contributed by atoms with E-state index in [2.05, 4.69) is 5.32 Å². The van der Waals surface area contributed by atoms with Gasteiger partial charge in [-0.1, -0.05) is 0 Å². The van der Waals surface area contributed by atoms with Gasteiger partial charge in [0.15, 0.2) is 0 Å². The summed E-state index contributed by atoms with van der Waals surface area (Å²) in [6, 6.07) is 3.56. The standard InChI is InChI=1S/C12H17F2NO/c1-15-12(4-3-5-16-2)9-6-10(13)8-11(14)7-9/h6-8,12,15H,3-5H2,1-2H3. The van der Waals surface area contributed by atoms with E-state index in [1.54, 1.807) is 14.2 Å². The SMILES string of the molecule is CNC(CCCOC)c1cc(F)cc(F)c1. The van der Waals surface area contributed by atoms with Crippen LogP contribution in [0.3, 0.4) is 0 Å². The zero-order valence-electron chi connectivity index (χ0n) is 9.59. The first-order valence-corrected chi connectivity index (χ1v) is 5.29. The molecule has 0 aliphatic carbocycles. The molecule has 4 heteroatoms. The van der Waals surface area contributed by atoms with Crippen LogP contribution in [0.2, 0.25) is 0 Å². The maximum Gasteiger partial charge on any atom is 0.126 e. The summed E-state index contributed by atoms with van der Waals surface area (Å²) in [5, 5.41) is 3.04. The number of methoxy groups -OCH3 is 1. The van der Waals surface area contributed by atoms with Crippen LogP contribution in [-0.2, 0) is 4.74 Å². The highest BCUT2D eigenvalue weighted by molar-refractivity contribution is 5.21. The molecule has 90 valence electrons. The second-order valence-electron chi connectivity index (χ2n) is 3.68. The maximum absolute atomic E-state index is 13.0. The largest absolute Gasteiger partial charge is 0.385 e. The molecule has 0 saturated heterocycles. The van der Waals surface area contributed by atoms with Crippen LogP contribution in [0.5, 0.6) is 0 Å². The Morgan fingerprint density at radius 1 is 1.25 bits per heavy atom. The van der Waals surface area contributed by atoms with Crippen LogP contribution in [0.1, 0.15) is 24.4 Å². The van der Waals surface area contributed by atoms with Crippen molar-refractivity contribution in [1.82, 2.24) is 5.32 Å². The molecule has 1 aromatic carbocycles. The van der Waals surface area contributed by atoms with Crippen LogP contribution < -0.4 is 5.32 Å². The molecule has 0 aromatic heterocycles. The van der Waals surface area contributed by atoms with E-state index >= 15 is 0 Å². The molecule has 1 rings (SSSR count). The van der Waals surface area contributed by atoms with Gasteiger partial charge >= 0.3 is 0 Å². The smallest absolute Gasteiger partial charge is 0.126 e. The van der Waals surface area contributed by atoms with Crippen LogP contribution >= 0.6 is 0 Å². The first-order chi connectivity index (χ1) is 7.67. The van der Waals surface area contributed by atoms with Gasteiger partial charge in [0.1, 0.15) is 11.6 Å². The molecule has 1 unspecified atom stereocenters. The molecular weight excluding hydrogens is 212 g/mol. The number of ether oxygens (including phenoxy) is 1. The molecule has 1 atom stereocenters. The zero-order chi connectivity index (χ0) is 12.0. The summed E-state index contributed by atoms with van der Waals surface area (Å²) in [5.74, 6) is -1.08. The van der Waals surface area contributed by atoms with Crippen molar-refractivity contribution in [3.63, 3.8) is 0 Å². The summed E-state index contributed by atoms with van der Waals surface area (Å²) in [4.78, 5) is 0. The van der Waals surface area contributed by atoms with E-state index < -0.39 is 11.6 Å². The van der Waals surface area contributed by atoms with Gasteiger partial charge in [-0.2, -0.15) is 0 Å². The fraction of sp³-hybridized carbons (Fsp3) is 0.500. The lowest BCUT2D eigenvalue weighted by Crippen LogP contribution is -2.17. The summed E-state index contributed by atoms with van der Waals surface area (Å²) in [6.07, 6.45) is 1.63. The minimum Gasteiger partial charge on any atom is -0.385 e. The Morgan fingerprint density at radius 3 is 2.38 bits per heavy atom. The van der Waals surface area contributed by atoms with Gasteiger partial charge in [0.2, 0.25) is 0 Å². The van der Waals surface area contributed by atoms with Crippen LogP contribution in [0.25, 0.3) is 0 Å². The normalized spacial score (nSPS) is 12.8. The Bertz CT molecular complexity index is 311. The number of nitrogens with one attached hydrogen (secondary N) is 1. The fourth-order valence-electron chi connectivity index (χ4n) is 1.69. The van der Waals surface area contributed by atoms with E-state index in [0.29, 0.717) is 12.2 Å². The van der Waals surface area contributed by atoms with Gasteiger partial charge in [-0.15, -0.1) is 0 Å². The third-order valence-corrected chi connectivity index (χ3v) is 2.48. The molecule has 1 N–H and O–H groups in total. The van der Waals surface area contributed by atoms with Crippen molar-refractivity contribution in [3.8, 4) is 0 Å². The summed E-state index contributed by atoms with van der Waals surface area (Å²) < 4.78 is 31.0. The summed E-state index contributed by atoms with van der Waals surface area (Å²) in [6.45, 7) is 0.649. The molecule has 0 aliphatic rings. The molecule has 0 spiro atoms. The first-order valence-electron chi connectivity index (χ1n) is 5.29. The highest BCUT2D eigenvalue weighted by Crippen LogP contribution is 2.20. The highest BCUT2D eigenvalue weighted by Gasteiger charge is 2.11. The average Bonchev–Trinajstić information content (AvgIpc) is 2.23. The minimum atomic E-state index is -0.540. The van der Waals surface area contributed by atoms with E-state index in [9.17, 15) is 8.78 Å². The Morgan fingerprint density at radius 2 is 1.88 bits per heavy atom. The predicted octanol–water partition coefficient (Wildman–Crippen LogP) is 2.65. The molecular formula is C12H17F2NO. The van der Waals surface area contributed by atoms with Crippen LogP contribution in [0.4, 0.5) is 8.78 Å². The molecule has 2 nitrogen and oxygen atoms in total. The lowest BCUT2D eigenvalue weighted by molar-refractivity contribution is 0.189. The van der Waals surface area contributed by atoms with Crippen LogP contribution in [0.15, 0.2) is 18.2 Å². The Hall–Kier alpha value is -1.00. The number of benzene rings is 1. The Balaban J connectivity index is 2.70. The van der Waals surface area contributed by atoms with Crippen molar-refractivity contribution in [2.75, 3.05) is 20.8 Å². The third-order valence-electron chi connectivity index (χ3n) is 2.48. The van der Waals surface area contributed by atoms with E-state index in [-0.39, 0.29) is 6.04 Å². The Kier molecular flexibility index (Phi) is 5.35. The molecule has 16 heavy (non-hydrogen) atoms. The third kappa shape index (κ3) is 3.87. The topological polar surface area (TPSA) is 21.3 Å². The van der Waals surface area contributed by atoms with Gasteiger partial charge in [-0.25, -0.2) is 8.78 Å². The zero-order valence-corrected chi connectivity index (χ0v) is 9.59. The van der Waals surface area contributed by atoms with Gasteiger partial charge in [-0.05, 0) is 37.6 Å². The lowest BCUT2D eigenvalue weighted by atomic mass is 10.0. The highest BCUT2D eigenvalue weighted by atomic mass is 19.1. The fourth-order valence-corrected chi connectivity index (χ4v) is 1.69. The average molecular weight is 229 g/mol. The van der Waals surface area contributed by atoms with Crippen molar-refractivity contribution >= 4 is 0 Å². The molecule has 0 radical (unpaired) electrons. The molecule has 0 saturated carbocycles. The second kappa shape index (κ2) is 6.55. The Labute approximate surface area is 94.6 Å². The summed E-state index contributed by atoms with van der Waals surface area (Å²) >= 11 is 0. The lowest BCUT2D eigenvalue weighted by Gasteiger charge is -2.16. The number of hydrogen-bond acceptors (Lipinski definition) is 2. The molecule has 0 amide bonds. The second-order valence-corrected chi connectivity index (χ2v) is 3.68. The predicted molar refractivity (Wildman–Crippen MR) is 59.3 cm³/mol. The van der Waals surface area contributed by atoms with Crippen molar-refractivity contribution in [2.24, 2.45) is 0 Å². The minimum absolute atomic E-state index is 0.0413. The molecule has 0 bridgehead atoms. The van der Waals surface area contributed by atoms with Crippen molar-refractivity contribution in [2.45, 2.75) is 18.9 Å². The molecule has 0 aliphatic heterocycles. The summed E-state index contributed by atoms with van der Waals surface area (Å²) in [7, 11) is 3.41. The number of rotatable bonds is 6. The number of halogens is 2. The van der Waals surface area contributed by atoms with Crippen molar-refractivity contribution in [1.29, 1.82) is 0 Å². The molecule has 1 aromatic rings. The molecule has 0 fully saturated rings. The van der Waals surface area contributed by atoms with E-state index in [1.165, 1.54) is 12.1 Å². The summed E-state index contributed by atoms with van der Waals surface area (Å²) in [5.41, 5.74) is 0.635. The number of hydrogen-bond donors (Lipinski definition) is 1. The van der Waals surface area contributed by atoms with Gasteiger partial charge in [0.25, 0.3) is 0 Å². The van der Waals surface area contributed by atoms with Crippen molar-refractivity contribution < 1.29 is 13.5 Å². The van der Waals surface area contributed by atoms with Crippen molar-refractivity contribution in [3.05, 3.63) is 35.4 Å². The molecule has 0 heterocycles. The first kappa shape index (κ1) is 13.1. The quantitative estimate of drug-likeness (QED) is 0.757. The van der Waals surface area contributed by atoms with Gasteiger partial charge < -0.3 is 10.1 Å². The van der Waals surface area contributed by atoms with E-state index in [1.807, 2.05) is 0 Å². The maximum atomic E-state index is 13.0. The van der Waals surface area contributed by atoms with Crippen LogP contribution in [0, 0.1) is 11.6 Å². The van der Waals surface area contributed by atoms with Gasteiger partial charge in [-0.3, -0.25) is 0 Å². The van der Waals surface area contributed by atoms with Gasteiger partial charge in [0.05, 0.1) is 0 Å². The monoisotopic (exact) mass is 229 g/mol. The van der Waals surface area contributed by atoms with Gasteiger partial charge in [0, 0.05) is 25.8 Å². The van der Waals surface area contributed by atoms with E-state index in [0.717, 1.165) is 18.9 Å². The van der Waals surface area contributed by atoms with Crippen LogP contribution in [-0.4, -0.2) is 20.8 Å². The van der Waals surface area contributed by atoms with E-state index in [4.69, 9.17) is 4.74 Å².